The van der Waals surface area contributed by atoms with Crippen LogP contribution in [-0.4, -0.2) is 24.8 Å². The Morgan fingerprint density at radius 3 is 1.97 bits per heavy atom. The molecular weight excluding hydrogens is 450 g/mol. The molecule has 152 valence electrons. The Morgan fingerprint density at radius 1 is 0.733 bits per heavy atom. The number of nitrogens with one attached hydrogen (secondary N) is 3. The predicted octanol–water partition coefficient (Wildman–Crippen LogP) is 3.78. The van der Waals surface area contributed by atoms with E-state index in [0.717, 1.165) is 4.47 Å². The van der Waals surface area contributed by atoms with E-state index in [1.54, 1.807) is 72.8 Å². The lowest BCUT2D eigenvalue weighted by Gasteiger charge is -2.12. The first-order valence-electron chi connectivity index (χ1n) is 8.88. The van der Waals surface area contributed by atoms with E-state index in [0.29, 0.717) is 22.6 Å². The maximum Gasteiger partial charge on any atom is 0.271 e. The van der Waals surface area contributed by atoms with Gasteiger partial charge in [-0.3, -0.25) is 25.2 Å². The number of benzene rings is 3. The van der Waals surface area contributed by atoms with Crippen molar-refractivity contribution in [3.8, 4) is 5.75 Å². The Hall–Kier alpha value is -3.65. The normalized spacial score (nSPS) is 10.1. The summed E-state index contributed by atoms with van der Waals surface area (Å²) in [4.78, 5) is 37.2. The van der Waals surface area contributed by atoms with Crippen molar-refractivity contribution in [2.45, 2.75) is 0 Å². The molecule has 3 rings (SSSR count). The summed E-state index contributed by atoms with van der Waals surface area (Å²) >= 11 is 3.32. The summed E-state index contributed by atoms with van der Waals surface area (Å²) in [7, 11) is 1.53. The van der Waals surface area contributed by atoms with Crippen molar-refractivity contribution in [1.82, 2.24) is 10.9 Å². The Balaban J connectivity index is 1.66. The van der Waals surface area contributed by atoms with Crippen LogP contribution in [0.3, 0.4) is 0 Å². The van der Waals surface area contributed by atoms with Gasteiger partial charge in [0.2, 0.25) is 0 Å². The first-order chi connectivity index (χ1) is 14.5. The number of hydrogen-bond donors (Lipinski definition) is 3. The van der Waals surface area contributed by atoms with Crippen LogP contribution >= 0.6 is 15.9 Å². The van der Waals surface area contributed by atoms with Crippen LogP contribution in [0.5, 0.6) is 5.75 Å². The number of methoxy groups -OCH3 is 1. The molecule has 0 unspecified atom stereocenters. The molecule has 0 aliphatic heterocycles. The number of para-hydroxylation sites is 1. The van der Waals surface area contributed by atoms with Crippen molar-refractivity contribution in [2.75, 3.05) is 12.4 Å². The van der Waals surface area contributed by atoms with Crippen LogP contribution in [-0.2, 0) is 0 Å². The summed E-state index contributed by atoms with van der Waals surface area (Å²) in [6.07, 6.45) is 0. The van der Waals surface area contributed by atoms with Crippen LogP contribution in [0.25, 0.3) is 0 Å². The van der Waals surface area contributed by atoms with E-state index in [1.807, 2.05) is 0 Å². The van der Waals surface area contributed by atoms with Gasteiger partial charge < -0.3 is 10.1 Å². The Kier molecular flexibility index (Phi) is 6.82. The average molecular weight is 468 g/mol. The fraction of sp³-hybridized carbons (Fsp3) is 0.0455. The largest absolute Gasteiger partial charge is 0.497 e. The molecule has 3 aromatic carbocycles. The standard InChI is InChI=1S/C22H18BrN3O4/c1-30-17-12-8-15(9-13-17)21(28)25-26-22(29)18-4-2-3-5-19(18)24-20(27)14-6-10-16(23)11-7-14/h2-13H,1H3,(H,24,27)(H,25,28)(H,26,29). The van der Waals surface area contributed by atoms with Crippen molar-refractivity contribution in [3.05, 3.63) is 94.0 Å². The number of halogens is 1. The number of rotatable bonds is 5. The van der Waals surface area contributed by atoms with E-state index >= 15 is 0 Å². The maximum absolute atomic E-state index is 12.6. The lowest BCUT2D eigenvalue weighted by molar-refractivity contribution is 0.0847. The molecule has 0 fully saturated rings. The first kappa shape index (κ1) is 21.1. The zero-order chi connectivity index (χ0) is 21.5. The van der Waals surface area contributed by atoms with Crippen LogP contribution in [0.2, 0.25) is 0 Å². The molecule has 3 aromatic rings. The SMILES string of the molecule is COc1ccc(C(=O)NNC(=O)c2ccccc2NC(=O)c2ccc(Br)cc2)cc1. The number of carbonyl (C=O) groups is 3. The predicted molar refractivity (Wildman–Crippen MR) is 116 cm³/mol. The third-order valence-corrected chi connectivity index (χ3v) is 4.70. The van der Waals surface area contributed by atoms with Gasteiger partial charge in [0.15, 0.2) is 0 Å². The number of ether oxygens (including phenoxy) is 1. The number of carbonyl (C=O) groups excluding carboxylic acids is 3. The van der Waals surface area contributed by atoms with E-state index in [9.17, 15) is 14.4 Å². The van der Waals surface area contributed by atoms with Crippen molar-refractivity contribution in [1.29, 1.82) is 0 Å². The highest BCUT2D eigenvalue weighted by Crippen LogP contribution is 2.17. The van der Waals surface area contributed by atoms with Gasteiger partial charge in [-0.05, 0) is 60.7 Å². The Morgan fingerprint density at radius 2 is 1.30 bits per heavy atom. The first-order valence-corrected chi connectivity index (χ1v) is 9.68. The topological polar surface area (TPSA) is 96.5 Å². The minimum absolute atomic E-state index is 0.206. The van der Waals surface area contributed by atoms with Crippen LogP contribution in [0, 0.1) is 0 Å². The molecular formula is C22H18BrN3O4. The highest BCUT2D eigenvalue weighted by molar-refractivity contribution is 9.10. The zero-order valence-electron chi connectivity index (χ0n) is 15.9. The van der Waals surface area contributed by atoms with Gasteiger partial charge in [-0.25, -0.2) is 0 Å². The lowest BCUT2D eigenvalue weighted by atomic mass is 10.1. The second kappa shape index (κ2) is 9.71. The molecule has 0 aliphatic rings. The molecule has 0 bridgehead atoms. The fourth-order valence-electron chi connectivity index (χ4n) is 2.58. The molecule has 0 saturated carbocycles. The molecule has 0 aliphatic carbocycles. The van der Waals surface area contributed by atoms with E-state index in [2.05, 4.69) is 32.1 Å². The van der Waals surface area contributed by atoms with Gasteiger partial charge in [0.05, 0.1) is 18.4 Å². The fourth-order valence-corrected chi connectivity index (χ4v) is 2.85. The highest BCUT2D eigenvalue weighted by atomic mass is 79.9. The molecule has 0 atom stereocenters. The van der Waals surface area contributed by atoms with Crippen molar-refractivity contribution in [3.63, 3.8) is 0 Å². The minimum atomic E-state index is -0.566. The van der Waals surface area contributed by atoms with Crippen LogP contribution in [0.1, 0.15) is 31.1 Å². The van der Waals surface area contributed by atoms with Crippen LogP contribution < -0.4 is 20.9 Å². The van der Waals surface area contributed by atoms with Crippen molar-refractivity contribution < 1.29 is 19.1 Å². The second-order valence-electron chi connectivity index (χ2n) is 6.14. The maximum atomic E-state index is 12.6. The average Bonchev–Trinajstić information content (AvgIpc) is 2.78. The van der Waals surface area contributed by atoms with E-state index in [4.69, 9.17) is 4.74 Å². The summed E-state index contributed by atoms with van der Waals surface area (Å²) in [5, 5.41) is 2.72. The highest BCUT2D eigenvalue weighted by Gasteiger charge is 2.15. The van der Waals surface area contributed by atoms with Crippen molar-refractivity contribution in [2.24, 2.45) is 0 Å². The summed E-state index contributed by atoms with van der Waals surface area (Å²) in [5.74, 6) is -0.790. The van der Waals surface area contributed by atoms with Gasteiger partial charge in [0.25, 0.3) is 17.7 Å². The van der Waals surface area contributed by atoms with E-state index in [-0.39, 0.29) is 11.5 Å². The molecule has 3 amide bonds. The zero-order valence-corrected chi connectivity index (χ0v) is 17.5. The summed E-state index contributed by atoms with van der Waals surface area (Å²) in [5.41, 5.74) is 6.04. The quantitative estimate of drug-likeness (QED) is 0.497. The third kappa shape index (κ3) is 5.24. The lowest BCUT2D eigenvalue weighted by Crippen LogP contribution is -2.41. The third-order valence-electron chi connectivity index (χ3n) is 4.17. The van der Waals surface area contributed by atoms with Gasteiger partial charge in [-0.15, -0.1) is 0 Å². The van der Waals surface area contributed by atoms with Crippen molar-refractivity contribution >= 4 is 39.3 Å². The van der Waals surface area contributed by atoms with Gasteiger partial charge in [0, 0.05) is 15.6 Å². The van der Waals surface area contributed by atoms with Gasteiger partial charge >= 0.3 is 0 Å². The molecule has 0 saturated heterocycles. The smallest absolute Gasteiger partial charge is 0.271 e. The number of hydrogen-bond acceptors (Lipinski definition) is 4. The molecule has 30 heavy (non-hydrogen) atoms. The number of amides is 3. The molecule has 0 radical (unpaired) electrons. The number of anilines is 1. The Bertz CT molecular complexity index is 1070. The molecule has 0 spiro atoms. The summed E-state index contributed by atoms with van der Waals surface area (Å²) in [6.45, 7) is 0. The monoisotopic (exact) mass is 467 g/mol. The molecule has 0 aromatic heterocycles. The summed E-state index contributed by atoms with van der Waals surface area (Å²) in [6, 6.07) is 19.8. The van der Waals surface area contributed by atoms with Crippen LogP contribution in [0.4, 0.5) is 5.69 Å². The van der Waals surface area contributed by atoms with E-state index in [1.165, 1.54) is 7.11 Å². The van der Waals surface area contributed by atoms with Gasteiger partial charge in [-0.1, -0.05) is 28.1 Å². The minimum Gasteiger partial charge on any atom is -0.497 e. The molecule has 8 heteroatoms. The van der Waals surface area contributed by atoms with E-state index < -0.39 is 11.8 Å². The number of hydrazine groups is 1. The second-order valence-corrected chi connectivity index (χ2v) is 7.06. The van der Waals surface area contributed by atoms with Gasteiger partial charge in [-0.2, -0.15) is 0 Å². The van der Waals surface area contributed by atoms with Crippen LogP contribution in [0.15, 0.2) is 77.3 Å². The van der Waals surface area contributed by atoms with Gasteiger partial charge in [0.1, 0.15) is 5.75 Å². The molecule has 7 nitrogen and oxygen atoms in total. The molecule has 0 heterocycles. The Labute approximate surface area is 181 Å². The molecule has 3 N–H and O–H groups in total. The summed E-state index contributed by atoms with van der Waals surface area (Å²) < 4.78 is 5.90.